The van der Waals surface area contributed by atoms with Crippen LogP contribution in [-0.4, -0.2) is 39.5 Å². The highest BCUT2D eigenvalue weighted by molar-refractivity contribution is 7.90. The number of sulfone groups is 1. The summed E-state index contributed by atoms with van der Waals surface area (Å²) >= 11 is 0. The Morgan fingerprint density at radius 2 is 2.14 bits per heavy atom. The van der Waals surface area contributed by atoms with Crippen molar-refractivity contribution in [2.45, 2.75) is 19.8 Å². The van der Waals surface area contributed by atoms with Crippen molar-refractivity contribution in [1.82, 2.24) is 5.32 Å². The van der Waals surface area contributed by atoms with Gasteiger partial charge >= 0.3 is 0 Å². The Kier molecular flexibility index (Phi) is 6.27. The predicted molar refractivity (Wildman–Crippen MR) is 59.1 cm³/mol. The Balaban J connectivity index is 3.63. The number of nitrogens with one attached hydrogen (secondary N) is 1. The van der Waals surface area contributed by atoms with Gasteiger partial charge in [0.1, 0.15) is 9.84 Å². The van der Waals surface area contributed by atoms with Crippen LogP contribution in [0.25, 0.3) is 0 Å². The molecular formula is C8H19N3O2S. The maximum atomic E-state index is 10.8. The summed E-state index contributed by atoms with van der Waals surface area (Å²) in [5, 5.41) is 2.75. The molecule has 84 valence electrons. The van der Waals surface area contributed by atoms with Crippen LogP contribution in [0.3, 0.4) is 0 Å². The fourth-order valence-corrected chi connectivity index (χ4v) is 1.25. The molecule has 0 rings (SSSR count). The van der Waals surface area contributed by atoms with Crippen molar-refractivity contribution in [3.8, 4) is 0 Å². The van der Waals surface area contributed by atoms with E-state index in [1.54, 1.807) is 0 Å². The first-order chi connectivity index (χ1) is 6.45. The van der Waals surface area contributed by atoms with Gasteiger partial charge in [0.2, 0.25) is 0 Å². The smallest absolute Gasteiger partial charge is 0.188 e. The molecule has 0 atom stereocenters. The third kappa shape index (κ3) is 9.31. The molecule has 0 saturated carbocycles. The standard InChI is InChI=1S/C8H19N3O2S/c1-3-4-5-10-8(9)11-6-7-14(2,12)13/h3-7H2,1-2H3,(H3,9,10,11). The second kappa shape index (κ2) is 6.64. The highest BCUT2D eigenvalue weighted by Crippen LogP contribution is 1.86. The van der Waals surface area contributed by atoms with Crippen molar-refractivity contribution in [2.24, 2.45) is 10.7 Å². The van der Waals surface area contributed by atoms with E-state index in [0.717, 1.165) is 12.8 Å². The van der Waals surface area contributed by atoms with E-state index in [0.29, 0.717) is 19.0 Å². The van der Waals surface area contributed by atoms with Gasteiger partial charge in [-0.05, 0) is 6.42 Å². The highest BCUT2D eigenvalue weighted by atomic mass is 32.2. The third-order valence-electron chi connectivity index (χ3n) is 1.57. The Morgan fingerprint density at radius 1 is 1.50 bits per heavy atom. The van der Waals surface area contributed by atoms with Gasteiger partial charge in [0.05, 0.1) is 5.75 Å². The number of guanidine groups is 1. The van der Waals surface area contributed by atoms with Crippen LogP contribution < -0.4 is 11.1 Å². The number of rotatable bonds is 6. The molecular weight excluding hydrogens is 202 g/mol. The van der Waals surface area contributed by atoms with Crippen LogP contribution in [0, 0.1) is 0 Å². The summed E-state index contributed by atoms with van der Waals surface area (Å²) in [6, 6.07) is 0. The number of nitrogens with zero attached hydrogens (tertiary/aromatic N) is 1. The summed E-state index contributed by atoms with van der Waals surface area (Å²) in [7, 11) is -2.92. The zero-order valence-corrected chi connectivity index (χ0v) is 9.60. The van der Waals surface area contributed by atoms with Gasteiger partial charge in [-0.2, -0.15) is 0 Å². The normalized spacial score (nSPS) is 12.9. The molecule has 0 fully saturated rings. The van der Waals surface area contributed by atoms with Crippen molar-refractivity contribution in [3.63, 3.8) is 0 Å². The van der Waals surface area contributed by atoms with Crippen LogP contribution in [0.4, 0.5) is 0 Å². The van der Waals surface area contributed by atoms with Gasteiger partial charge < -0.3 is 11.1 Å². The van der Waals surface area contributed by atoms with E-state index in [-0.39, 0.29) is 5.75 Å². The molecule has 0 aliphatic heterocycles. The Bertz CT molecular complexity index is 272. The predicted octanol–water partition coefficient (Wildman–Crippen LogP) is -0.265. The van der Waals surface area contributed by atoms with Gasteiger partial charge in [-0.3, -0.25) is 4.99 Å². The molecule has 6 heteroatoms. The van der Waals surface area contributed by atoms with Crippen LogP contribution in [-0.2, 0) is 9.84 Å². The first-order valence-corrected chi connectivity index (χ1v) is 6.73. The minimum Gasteiger partial charge on any atom is -0.370 e. The maximum Gasteiger partial charge on any atom is 0.188 e. The summed E-state index contributed by atoms with van der Waals surface area (Å²) in [6.07, 6.45) is 3.26. The van der Waals surface area contributed by atoms with E-state index in [1.807, 2.05) is 0 Å². The van der Waals surface area contributed by atoms with Crippen LogP contribution in [0.5, 0.6) is 0 Å². The van der Waals surface area contributed by atoms with E-state index in [9.17, 15) is 8.42 Å². The van der Waals surface area contributed by atoms with Crippen molar-refractivity contribution >= 4 is 15.8 Å². The van der Waals surface area contributed by atoms with E-state index < -0.39 is 9.84 Å². The summed E-state index contributed by atoms with van der Waals surface area (Å²) in [6.45, 7) is 3.08. The molecule has 0 aliphatic rings. The first-order valence-electron chi connectivity index (χ1n) is 4.67. The molecule has 0 saturated heterocycles. The number of hydrogen-bond donors (Lipinski definition) is 2. The van der Waals surface area contributed by atoms with Crippen LogP contribution in [0.15, 0.2) is 4.99 Å². The lowest BCUT2D eigenvalue weighted by molar-refractivity contribution is 0.600. The average molecular weight is 221 g/mol. The lowest BCUT2D eigenvalue weighted by Crippen LogP contribution is -2.35. The first kappa shape index (κ1) is 13.2. The van der Waals surface area contributed by atoms with E-state index in [2.05, 4.69) is 17.2 Å². The molecule has 0 unspecified atom stereocenters. The van der Waals surface area contributed by atoms with Crippen LogP contribution in [0.1, 0.15) is 19.8 Å². The van der Waals surface area contributed by atoms with Crippen LogP contribution in [0.2, 0.25) is 0 Å². The quantitative estimate of drug-likeness (QED) is 0.367. The Labute approximate surface area is 85.7 Å². The highest BCUT2D eigenvalue weighted by Gasteiger charge is 2.00. The molecule has 5 nitrogen and oxygen atoms in total. The molecule has 0 aromatic carbocycles. The zero-order valence-electron chi connectivity index (χ0n) is 8.78. The van der Waals surface area contributed by atoms with Gasteiger partial charge in [0.15, 0.2) is 5.96 Å². The number of aliphatic imine (C=N–C) groups is 1. The minimum absolute atomic E-state index is 0.0804. The van der Waals surface area contributed by atoms with Gasteiger partial charge in [-0.15, -0.1) is 0 Å². The molecule has 0 spiro atoms. The largest absolute Gasteiger partial charge is 0.370 e. The summed E-state index contributed by atoms with van der Waals surface area (Å²) in [4.78, 5) is 4.02. The van der Waals surface area contributed by atoms with Crippen LogP contribution >= 0.6 is 0 Å². The monoisotopic (exact) mass is 221 g/mol. The Hall–Kier alpha value is -0.780. The maximum absolute atomic E-state index is 10.8. The zero-order chi connectivity index (χ0) is 11.0. The lowest BCUT2D eigenvalue weighted by atomic mass is 10.3. The average Bonchev–Trinajstić information content (AvgIpc) is 2.02. The molecule has 0 amide bonds. The lowest BCUT2D eigenvalue weighted by Gasteiger charge is -2.03. The number of nitrogens with two attached hydrogens (primary N) is 1. The second-order valence-corrected chi connectivity index (χ2v) is 5.44. The van der Waals surface area contributed by atoms with Gasteiger partial charge in [-0.1, -0.05) is 13.3 Å². The van der Waals surface area contributed by atoms with Crippen molar-refractivity contribution in [2.75, 3.05) is 25.1 Å². The molecule has 3 N–H and O–H groups in total. The Morgan fingerprint density at radius 3 is 2.64 bits per heavy atom. The molecule has 14 heavy (non-hydrogen) atoms. The molecule has 0 radical (unpaired) electrons. The second-order valence-electron chi connectivity index (χ2n) is 3.18. The summed E-state index contributed by atoms with van der Waals surface area (Å²) < 4.78 is 21.5. The fraction of sp³-hybridized carbons (Fsp3) is 0.875. The minimum atomic E-state index is -2.92. The topological polar surface area (TPSA) is 84.5 Å². The van der Waals surface area contributed by atoms with E-state index in [1.165, 1.54) is 6.26 Å². The van der Waals surface area contributed by atoms with Gasteiger partial charge in [0, 0.05) is 19.3 Å². The molecule has 0 bridgehead atoms. The number of hydrogen-bond acceptors (Lipinski definition) is 3. The van der Waals surface area contributed by atoms with Crippen molar-refractivity contribution in [1.29, 1.82) is 0 Å². The SMILES string of the molecule is CCCCN=C(N)NCCS(C)(=O)=O. The van der Waals surface area contributed by atoms with Crippen molar-refractivity contribution < 1.29 is 8.42 Å². The summed E-state index contributed by atoms with van der Waals surface area (Å²) in [5.74, 6) is 0.402. The third-order valence-corrected chi connectivity index (χ3v) is 2.52. The van der Waals surface area contributed by atoms with Gasteiger partial charge in [-0.25, -0.2) is 8.42 Å². The number of unbranched alkanes of at least 4 members (excludes halogenated alkanes) is 1. The van der Waals surface area contributed by atoms with E-state index >= 15 is 0 Å². The van der Waals surface area contributed by atoms with E-state index in [4.69, 9.17) is 5.73 Å². The van der Waals surface area contributed by atoms with Gasteiger partial charge in [0.25, 0.3) is 0 Å². The molecule has 0 aromatic rings. The van der Waals surface area contributed by atoms with Crippen molar-refractivity contribution in [3.05, 3.63) is 0 Å². The molecule has 0 aliphatic carbocycles. The molecule has 0 heterocycles. The fourth-order valence-electron chi connectivity index (χ4n) is 0.778. The molecule has 0 aromatic heterocycles. The summed E-state index contributed by atoms with van der Waals surface area (Å²) in [5.41, 5.74) is 5.49.